The second kappa shape index (κ2) is 7.44. The molecule has 1 aromatic rings. The Kier molecular flexibility index (Phi) is 5.59. The molecule has 1 saturated heterocycles. The zero-order valence-corrected chi connectivity index (χ0v) is 14.1. The van der Waals surface area contributed by atoms with Gasteiger partial charge in [-0.05, 0) is 31.4 Å². The Balaban J connectivity index is 2.07. The lowest BCUT2D eigenvalue weighted by molar-refractivity contribution is -0.139. The molecule has 124 valence electrons. The minimum Gasteiger partial charge on any atom is -0.340 e. The van der Waals surface area contributed by atoms with E-state index in [2.05, 4.69) is 25.6 Å². The Hall–Kier alpha value is -2.10. The van der Waals surface area contributed by atoms with Gasteiger partial charge in [0.2, 0.25) is 11.8 Å². The van der Waals surface area contributed by atoms with Gasteiger partial charge in [-0.2, -0.15) is 0 Å². The summed E-state index contributed by atoms with van der Waals surface area (Å²) in [4.78, 5) is 27.8. The number of likely N-dealkylation sites (tertiary alicyclic amines) is 1. The number of nitrogens with zero attached hydrogens (tertiary/aromatic N) is 2. The molecule has 1 aromatic carbocycles. The van der Waals surface area contributed by atoms with Crippen LogP contribution in [-0.2, 0) is 15.0 Å². The summed E-state index contributed by atoms with van der Waals surface area (Å²) in [6.07, 6.45) is 3.32. The van der Waals surface area contributed by atoms with Crippen LogP contribution in [0.1, 0.15) is 32.3 Å². The second-order valence-electron chi connectivity index (χ2n) is 6.40. The van der Waals surface area contributed by atoms with Crippen LogP contribution in [0.4, 0.5) is 0 Å². The number of carbonyl (C=O) groups is 2. The largest absolute Gasteiger partial charge is 0.340 e. The lowest BCUT2D eigenvalue weighted by Crippen LogP contribution is -2.50. The highest BCUT2D eigenvalue weighted by molar-refractivity contribution is 5.90. The standard InChI is InChI=1S/C19H26N2O2/c1-4-17(22)20(5-2)14-18(23)21-13-9-12-19(3,15-21)16-10-7-6-8-11-16/h4,6-8,10-11H,1,5,9,12-15H2,2-3H3. The predicted molar refractivity (Wildman–Crippen MR) is 92.1 cm³/mol. The van der Waals surface area contributed by atoms with Gasteiger partial charge in [-0.15, -0.1) is 0 Å². The van der Waals surface area contributed by atoms with Crippen molar-refractivity contribution in [2.24, 2.45) is 0 Å². The summed E-state index contributed by atoms with van der Waals surface area (Å²) in [7, 11) is 0. The van der Waals surface area contributed by atoms with Crippen LogP contribution >= 0.6 is 0 Å². The van der Waals surface area contributed by atoms with Gasteiger partial charge in [0.05, 0.1) is 6.54 Å². The molecule has 2 amide bonds. The first-order valence-corrected chi connectivity index (χ1v) is 8.25. The van der Waals surface area contributed by atoms with E-state index in [1.165, 1.54) is 16.5 Å². The van der Waals surface area contributed by atoms with Gasteiger partial charge >= 0.3 is 0 Å². The first-order chi connectivity index (χ1) is 11.0. The fourth-order valence-electron chi connectivity index (χ4n) is 3.27. The van der Waals surface area contributed by atoms with E-state index >= 15 is 0 Å². The van der Waals surface area contributed by atoms with Crippen molar-refractivity contribution in [1.29, 1.82) is 0 Å². The molecule has 1 fully saturated rings. The lowest BCUT2D eigenvalue weighted by Gasteiger charge is -2.41. The summed E-state index contributed by atoms with van der Waals surface area (Å²) in [6.45, 7) is 9.70. The highest BCUT2D eigenvalue weighted by Crippen LogP contribution is 2.33. The van der Waals surface area contributed by atoms with Crippen LogP contribution in [0.3, 0.4) is 0 Å². The molecular formula is C19H26N2O2. The van der Waals surface area contributed by atoms with Crippen molar-refractivity contribution in [2.45, 2.75) is 32.1 Å². The first-order valence-electron chi connectivity index (χ1n) is 8.25. The number of likely N-dealkylation sites (N-methyl/N-ethyl adjacent to an activating group) is 1. The van der Waals surface area contributed by atoms with E-state index in [1.54, 1.807) is 0 Å². The average molecular weight is 314 g/mol. The molecule has 0 spiro atoms. The van der Waals surface area contributed by atoms with Gasteiger partial charge in [0, 0.05) is 25.0 Å². The van der Waals surface area contributed by atoms with Gasteiger partial charge in [0.25, 0.3) is 0 Å². The zero-order valence-electron chi connectivity index (χ0n) is 14.1. The molecule has 0 N–H and O–H groups in total. The summed E-state index contributed by atoms with van der Waals surface area (Å²) in [5.41, 5.74) is 1.25. The molecular weight excluding hydrogens is 288 g/mol. The average Bonchev–Trinajstić information content (AvgIpc) is 2.59. The van der Waals surface area contributed by atoms with Crippen LogP contribution in [0.15, 0.2) is 43.0 Å². The van der Waals surface area contributed by atoms with E-state index < -0.39 is 0 Å². The van der Waals surface area contributed by atoms with Gasteiger partial charge in [-0.25, -0.2) is 0 Å². The number of piperidine rings is 1. The van der Waals surface area contributed by atoms with Crippen LogP contribution < -0.4 is 0 Å². The van der Waals surface area contributed by atoms with E-state index in [0.29, 0.717) is 13.1 Å². The maximum Gasteiger partial charge on any atom is 0.246 e. The number of hydrogen-bond acceptors (Lipinski definition) is 2. The molecule has 1 atom stereocenters. The molecule has 0 bridgehead atoms. The third kappa shape index (κ3) is 4.01. The summed E-state index contributed by atoms with van der Waals surface area (Å²) in [5, 5.41) is 0. The van der Waals surface area contributed by atoms with Gasteiger partial charge in [0.1, 0.15) is 0 Å². The Labute approximate surface area is 138 Å². The number of rotatable bonds is 5. The third-order valence-electron chi connectivity index (χ3n) is 4.71. The summed E-state index contributed by atoms with van der Waals surface area (Å²) in [5.74, 6) is -0.174. The van der Waals surface area contributed by atoms with Crippen molar-refractivity contribution >= 4 is 11.8 Å². The van der Waals surface area contributed by atoms with Gasteiger partial charge in [0.15, 0.2) is 0 Å². The molecule has 1 unspecified atom stereocenters. The predicted octanol–water partition coefficient (Wildman–Crippen LogP) is 2.60. The lowest BCUT2D eigenvalue weighted by atomic mass is 9.76. The van der Waals surface area contributed by atoms with Crippen LogP contribution in [0.25, 0.3) is 0 Å². The van der Waals surface area contributed by atoms with Gasteiger partial charge in [-0.1, -0.05) is 43.8 Å². The van der Waals surface area contributed by atoms with E-state index in [9.17, 15) is 9.59 Å². The van der Waals surface area contributed by atoms with Gasteiger partial charge < -0.3 is 9.80 Å². The Morgan fingerprint density at radius 2 is 2.04 bits per heavy atom. The molecule has 4 heteroatoms. The SMILES string of the molecule is C=CC(=O)N(CC)CC(=O)N1CCCC(C)(c2ccccc2)C1. The Morgan fingerprint density at radius 3 is 2.65 bits per heavy atom. The van der Waals surface area contributed by atoms with E-state index in [4.69, 9.17) is 0 Å². The van der Waals surface area contributed by atoms with Crippen molar-refractivity contribution < 1.29 is 9.59 Å². The summed E-state index contributed by atoms with van der Waals surface area (Å²) in [6, 6.07) is 10.4. The smallest absolute Gasteiger partial charge is 0.246 e. The monoisotopic (exact) mass is 314 g/mol. The van der Waals surface area contributed by atoms with Crippen LogP contribution in [-0.4, -0.2) is 47.8 Å². The maximum atomic E-state index is 12.6. The Morgan fingerprint density at radius 1 is 1.35 bits per heavy atom. The van der Waals surface area contributed by atoms with Crippen molar-refractivity contribution in [3.05, 3.63) is 48.6 Å². The van der Waals surface area contributed by atoms with Crippen LogP contribution in [0.2, 0.25) is 0 Å². The Bertz CT molecular complexity index is 570. The fourth-order valence-corrected chi connectivity index (χ4v) is 3.27. The number of benzene rings is 1. The number of hydrogen-bond donors (Lipinski definition) is 0. The minimum atomic E-state index is -0.191. The molecule has 4 nitrogen and oxygen atoms in total. The molecule has 2 rings (SSSR count). The van der Waals surface area contributed by atoms with Crippen molar-refractivity contribution in [3.8, 4) is 0 Å². The van der Waals surface area contributed by atoms with Crippen molar-refractivity contribution in [1.82, 2.24) is 9.80 Å². The quantitative estimate of drug-likeness (QED) is 0.784. The topological polar surface area (TPSA) is 40.6 Å². The molecule has 0 aromatic heterocycles. The molecule has 0 radical (unpaired) electrons. The van der Waals surface area contributed by atoms with E-state index in [0.717, 1.165) is 19.4 Å². The first kappa shape index (κ1) is 17.3. The van der Waals surface area contributed by atoms with E-state index in [1.807, 2.05) is 30.0 Å². The van der Waals surface area contributed by atoms with Gasteiger partial charge in [-0.3, -0.25) is 9.59 Å². The van der Waals surface area contributed by atoms with E-state index in [-0.39, 0.29) is 23.8 Å². The molecule has 0 aliphatic carbocycles. The molecule has 1 aliphatic heterocycles. The fraction of sp³-hybridized carbons (Fsp3) is 0.474. The van der Waals surface area contributed by atoms with Crippen molar-refractivity contribution in [3.63, 3.8) is 0 Å². The minimum absolute atomic E-state index is 0.0175. The zero-order chi connectivity index (χ0) is 16.9. The van der Waals surface area contributed by atoms with Crippen LogP contribution in [0.5, 0.6) is 0 Å². The number of carbonyl (C=O) groups excluding carboxylic acids is 2. The molecule has 23 heavy (non-hydrogen) atoms. The highest BCUT2D eigenvalue weighted by Gasteiger charge is 2.34. The summed E-state index contributed by atoms with van der Waals surface area (Å²) < 4.78 is 0. The third-order valence-corrected chi connectivity index (χ3v) is 4.71. The van der Waals surface area contributed by atoms with Crippen molar-refractivity contribution in [2.75, 3.05) is 26.2 Å². The number of amides is 2. The maximum absolute atomic E-state index is 12.6. The summed E-state index contributed by atoms with van der Waals surface area (Å²) >= 11 is 0. The normalized spacial score (nSPS) is 20.9. The molecule has 0 saturated carbocycles. The highest BCUT2D eigenvalue weighted by atomic mass is 16.2. The molecule has 1 aliphatic rings. The van der Waals surface area contributed by atoms with Crippen LogP contribution in [0, 0.1) is 0 Å². The second-order valence-corrected chi connectivity index (χ2v) is 6.40. The molecule has 1 heterocycles.